The average molecular weight is 369 g/mol. The fourth-order valence-corrected chi connectivity index (χ4v) is 3.36. The molecule has 8 heteroatoms. The molecule has 3 aromatic heterocycles. The highest BCUT2D eigenvalue weighted by molar-refractivity contribution is 7.10. The average Bonchev–Trinajstić information content (AvgIpc) is 3.33. The number of aromatic nitrogens is 3. The normalized spacial score (nSPS) is 11.7. The molecule has 0 fully saturated rings. The first kappa shape index (κ1) is 17.8. The number of carbonyl (C=O) groups excluding carboxylic acids is 2. The molecule has 2 amide bonds. The van der Waals surface area contributed by atoms with Crippen LogP contribution >= 0.6 is 11.3 Å². The predicted octanol–water partition coefficient (Wildman–Crippen LogP) is 2.21. The van der Waals surface area contributed by atoms with Crippen molar-refractivity contribution in [1.82, 2.24) is 25.4 Å². The Morgan fingerprint density at radius 3 is 2.81 bits per heavy atom. The lowest BCUT2D eigenvalue weighted by molar-refractivity contribution is -0.122. The lowest BCUT2D eigenvalue weighted by Gasteiger charge is -2.16. The number of rotatable bonds is 7. The number of thiophene rings is 1. The summed E-state index contributed by atoms with van der Waals surface area (Å²) in [6, 6.07) is 9.02. The number of nitrogens with one attached hydrogen (secondary N) is 2. The highest BCUT2D eigenvalue weighted by atomic mass is 32.1. The number of nitrogens with zero attached hydrogens (tertiary/aromatic N) is 3. The second-order valence-corrected chi connectivity index (χ2v) is 6.67. The van der Waals surface area contributed by atoms with Crippen LogP contribution in [0.4, 0.5) is 0 Å². The van der Waals surface area contributed by atoms with E-state index in [4.69, 9.17) is 0 Å². The maximum Gasteiger partial charge on any atom is 0.222 e. The first-order valence-electron chi connectivity index (χ1n) is 8.14. The standard InChI is InChI=1S/C18H19N5O2S/c1-13(24)22-15(16-6-3-10-26-16)11-17(25)20-12-14-5-2-7-19-18(14)23-9-4-8-21-23/h2-10,15H,11-12H2,1H3,(H,20,25)(H,22,24)/t15-/m0/s1. The van der Waals surface area contributed by atoms with Crippen molar-refractivity contribution in [2.75, 3.05) is 0 Å². The summed E-state index contributed by atoms with van der Waals surface area (Å²) < 4.78 is 1.66. The van der Waals surface area contributed by atoms with Crippen LogP contribution in [0.3, 0.4) is 0 Å². The van der Waals surface area contributed by atoms with Crippen LogP contribution < -0.4 is 10.6 Å². The molecule has 0 saturated carbocycles. The minimum atomic E-state index is -0.327. The fraction of sp³-hybridized carbons (Fsp3) is 0.222. The third-order valence-corrected chi connectivity index (χ3v) is 4.70. The Hall–Kier alpha value is -3.00. The second kappa shape index (κ2) is 8.39. The second-order valence-electron chi connectivity index (χ2n) is 5.69. The van der Waals surface area contributed by atoms with Crippen LogP contribution in [-0.2, 0) is 16.1 Å². The summed E-state index contributed by atoms with van der Waals surface area (Å²) in [5, 5.41) is 11.8. The van der Waals surface area contributed by atoms with E-state index in [2.05, 4.69) is 20.7 Å². The largest absolute Gasteiger partial charge is 0.352 e. The molecule has 134 valence electrons. The van der Waals surface area contributed by atoms with Crippen LogP contribution in [0, 0.1) is 0 Å². The molecule has 0 spiro atoms. The Labute approximate surface area is 155 Å². The quantitative estimate of drug-likeness (QED) is 0.668. The minimum Gasteiger partial charge on any atom is -0.352 e. The van der Waals surface area contributed by atoms with E-state index in [9.17, 15) is 9.59 Å². The van der Waals surface area contributed by atoms with Crippen LogP contribution in [0.5, 0.6) is 0 Å². The lowest BCUT2D eigenvalue weighted by Crippen LogP contribution is -2.32. The van der Waals surface area contributed by atoms with E-state index in [-0.39, 0.29) is 24.3 Å². The Balaban J connectivity index is 1.65. The summed E-state index contributed by atoms with van der Waals surface area (Å²) in [5.41, 5.74) is 0.858. The maximum atomic E-state index is 12.4. The Morgan fingerprint density at radius 1 is 1.23 bits per heavy atom. The molecule has 0 aliphatic rings. The van der Waals surface area contributed by atoms with Gasteiger partial charge in [0.25, 0.3) is 0 Å². The van der Waals surface area contributed by atoms with E-state index in [0.717, 1.165) is 10.4 Å². The van der Waals surface area contributed by atoms with Gasteiger partial charge in [-0.2, -0.15) is 5.10 Å². The molecule has 0 aliphatic heterocycles. The highest BCUT2D eigenvalue weighted by Gasteiger charge is 2.18. The van der Waals surface area contributed by atoms with E-state index >= 15 is 0 Å². The molecule has 0 bridgehead atoms. The summed E-state index contributed by atoms with van der Waals surface area (Å²) in [7, 11) is 0. The van der Waals surface area contributed by atoms with E-state index < -0.39 is 0 Å². The molecule has 26 heavy (non-hydrogen) atoms. The first-order valence-corrected chi connectivity index (χ1v) is 9.02. The molecule has 0 aromatic carbocycles. The predicted molar refractivity (Wildman–Crippen MR) is 98.7 cm³/mol. The van der Waals surface area contributed by atoms with Gasteiger partial charge in [0, 0.05) is 42.5 Å². The molecule has 1 atom stereocenters. The van der Waals surface area contributed by atoms with Crippen molar-refractivity contribution in [1.29, 1.82) is 0 Å². The van der Waals surface area contributed by atoms with Crippen molar-refractivity contribution in [3.05, 3.63) is 64.7 Å². The molecule has 3 rings (SSSR count). The molecule has 0 aliphatic carbocycles. The SMILES string of the molecule is CC(=O)N[C@@H](CC(=O)NCc1cccnc1-n1cccn1)c1cccs1. The van der Waals surface area contributed by atoms with Gasteiger partial charge in [-0.1, -0.05) is 12.1 Å². The van der Waals surface area contributed by atoms with Gasteiger partial charge >= 0.3 is 0 Å². The monoisotopic (exact) mass is 369 g/mol. The van der Waals surface area contributed by atoms with Gasteiger partial charge in [0.15, 0.2) is 5.82 Å². The Morgan fingerprint density at radius 2 is 2.12 bits per heavy atom. The number of pyridine rings is 1. The van der Waals surface area contributed by atoms with Gasteiger partial charge in [-0.3, -0.25) is 9.59 Å². The van der Waals surface area contributed by atoms with E-state index in [1.165, 1.54) is 18.3 Å². The zero-order chi connectivity index (χ0) is 18.4. The van der Waals surface area contributed by atoms with E-state index in [1.54, 1.807) is 23.3 Å². The summed E-state index contributed by atoms with van der Waals surface area (Å²) in [4.78, 5) is 29.1. The number of hydrogen-bond acceptors (Lipinski definition) is 5. The molecule has 7 nitrogen and oxygen atoms in total. The van der Waals surface area contributed by atoms with Crippen LogP contribution in [0.1, 0.15) is 29.8 Å². The lowest BCUT2D eigenvalue weighted by atomic mass is 10.1. The van der Waals surface area contributed by atoms with Gasteiger partial charge in [0.1, 0.15) is 0 Å². The smallest absolute Gasteiger partial charge is 0.222 e. The van der Waals surface area contributed by atoms with Crippen LogP contribution in [-0.4, -0.2) is 26.6 Å². The summed E-state index contributed by atoms with van der Waals surface area (Å²) >= 11 is 1.51. The summed E-state index contributed by atoms with van der Waals surface area (Å²) in [6.45, 7) is 1.78. The van der Waals surface area contributed by atoms with Crippen molar-refractivity contribution < 1.29 is 9.59 Å². The first-order chi connectivity index (χ1) is 12.6. The highest BCUT2D eigenvalue weighted by Crippen LogP contribution is 2.22. The zero-order valence-electron chi connectivity index (χ0n) is 14.3. The molecular formula is C18H19N5O2S. The minimum absolute atomic E-state index is 0.146. The fourth-order valence-electron chi connectivity index (χ4n) is 2.58. The molecule has 2 N–H and O–H groups in total. The van der Waals surface area contributed by atoms with Gasteiger partial charge in [-0.15, -0.1) is 11.3 Å². The van der Waals surface area contributed by atoms with Crippen molar-refractivity contribution in [2.45, 2.75) is 25.9 Å². The van der Waals surface area contributed by atoms with Crippen LogP contribution in [0.25, 0.3) is 5.82 Å². The Kier molecular flexibility index (Phi) is 5.75. The molecule has 0 radical (unpaired) electrons. The van der Waals surface area contributed by atoms with E-state index in [0.29, 0.717) is 12.4 Å². The van der Waals surface area contributed by atoms with Crippen LogP contribution in [0.15, 0.2) is 54.3 Å². The number of hydrogen-bond donors (Lipinski definition) is 2. The van der Waals surface area contributed by atoms with Crippen molar-refractivity contribution in [3.63, 3.8) is 0 Å². The van der Waals surface area contributed by atoms with Crippen molar-refractivity contribution in [2.24, 2.45) is 0 Å². The summed E-state index contributed by atoms with van der Waals surface area (Å²) in [6.07, 6.45) is 5.34. The number of carbonyl (C=O) groups is 2. The summed E-state index contributed by atoms with van der Waals surface area (Å²) in [5.74, 6) is 0.367. The third-order valence-electron chi connectivity index (χ3n) is 3.72. The van der Waals surface area contributed by atoms with Gasteiger partial charge in [-0.05, 0) is 23.6 Å². The van der Waals surface area contributed by atoms with Crippen molar-refractivity contribution in [3.8, 4) is 5.82 Å². The van der Waals surface area contributed by atoms with Gasteiger partial charge in [-0.25, -0.2) is 9.67 Å². The van der Waals surface area contributed by atoms with Gasteiger partial charge in [0.05, 0.1) is 12.5 Å². The molecule has 3 aromatic rings. The molecular weight excluding hydrogens is 350 g/mol. The topological polar surface area (TPSA) is 88.9 Å². The molecule has 0 saturated heterocycles. The van der Waals surface area contributed by atoms with Gasteiger partial charge < -0.3 is 10.6 Å². The van der Waals surface area contributed by atoms with E-state index in [1.807, 2.05) is 35.7 Å². The third kappa shape index (κ3) is 4.54. The van der Waals surface area contributed by atoms with Crippen molar-refractivity contribution >= 4 is 23.2 Å². The number of amides is 2. The van der Waals surface area contributed by atoms with Gasteiger partial charge in [0.2, 0.25) is 11.8 Å². The zero-order valence-corrected chi connectivity index (χ0v) is 15.1. The molecule has 3 heterocycles. The molecule has 0 unspecified atom stereocenters. The van der Waals surface area contributed by atoms with Crippen LogP contribution in [0.2, 0.25) is 0 Å². The maximum absolute atomic E-state index is 12.4. The Bertz CT molecular complexity index is 862.